The summed E-state index contributed by atoms with van der Waals surface area (Å²) in [6.07, 6.45) is 4.01. The highest BCUT2D eigenvalue weighted by Gasteiger charge is 2.25. The molecule has 2 aromatic rings. The molecule has 1 aliphatic rings. The van der Waals surface area contributed by atoms with Crippen molar-refractivity contribution in [3.05, 3.63) is 24.0 Å². The van der Waals surface area contributed by atoms with Gasteiger partial charge in [0.1, 0.15) is 11.3 Å². The third kappa shape index (κ3) is 2.42. The molecule has 1 N–H and O–H groups in total. The van der Waals surface area contributed by atoms with Gasteiger partial charge in [-0.1, -0.05) is 0 Å². The largest absolute Gasteiger partial charge is 0.423 e. The molecule has 19 heavy (non-hydrogen) atoms. The van der Waals surface area contributed by atoms with Crippen molar-refractivity contribution in [2.24, 2.45) is 0 Å². The number of rotatable bonds is 3. The van der Waals surface area contributed by atoms with Crippen molar-refractivity contribution in [1.82, 2.24) is 4.98 Å². The smallest absolute Gasteiger partial charge is 0.298 e. The van der Waals surface area contributed by atoms with E-state index in [2.05, 4.69) is 9.88 Å². The van der Waals surface area contributed by atoms with E-state index in [1.165, 1.54) is 12.1 Å². The molecule has 2 heterocycles. The van der Waals surface area contributed by atoms with Crippen LogP contribution < -0.4 is 4.90 Å². The molecule has 0 bridgehead atoms. The Bertz CT molecular complexity index is 568. The van der Waals surface area contributed by atoms with Crippen LogP contribution in [0.25, 0.3) is 11.1 Å². The summed E-state index contributed by atoms with van der Waals surface area (Å²) in [7, 11) is 0. The van der Waals surface area contributed by atoms with Crippen molar-refractivity contribution in [2.75, 3.05) is 18.1 Å². The zero-order chi connectivity index (χ0) is 13.2. The van der Waals surface area contributed by atoms with Gasteiger partial charge in [-0.2, -0.15) is 4.98 Å². The number of halogens is 1. The first-order valence-corrected chi connectivity index (χ1v) is 6.71. The van der Waals surface area contributed by atoms with Gasteiger partial charge in [0.2, 0.25) is 0 Å². The second-order valence-corrected chi connectivity index (χ2v) is 4.96. The fourth-order valence-electron chi connectivity index (χ4n) is 2.71. The highest BCUT2D eigenvalue weighted by Crippen LogP contribution is 2.29. The average molecular weight is 264 g/mol. The van der Waals surface area contributed by atoms with Gasteiger partial charge in [-0.25, -0.2) is 4.39 Å². The number of nitrogens with zero attached hydrogens (tertiary/aromatic N) is 2. The highest BCUT2D eigenvalue weighted by molar-refractivity contribution is 5.74. The molecule has 1 fully saturated rings. The summed E-state index contributed by atoms with van der Waals surface area (Å²) in [6.45, 7) is 1.04. The van der Waals surface area contributed by atoms with Gasteiger partial charge < -0.3 is 14.4 Å². The van der Waals surface area contributed by atoms with Crippen LogP contribution in [0.15, 0.2) is 22.6 Å². The van der Waals surface area contributed by atoms with E-state index in [1.807, 2.05) is 0 Å². The van der Waals surface area contributed by atoms with Crippen molar-refractivity contribution in [3.8, 4) is 0 Å². The molecule has 4 nitrogen and oxygen atoms in total. The predicted octanol–water partition coefficient (Wildman–Crippen LogP) is 2.71. The number of aromatic nitrogens is 1. The van der Waals surface area contributed by atoms with E-state index in [9.17, 15) is 4.39 Å². The van der Waals surface area contributed by atoms with Crippen molar-refractivity contribution < 1.29 is 13.9 Å². The highest BCUT2D eigenvalue weighted by atomic mass is 19.1. The molecule has 1 atom stereocenters. The monoisotopic (exact) mass is 264 g/mol. The third-order valence-electron chi connectivity index (χ3n) is 3.67. The van der Waals surface area contributed by atoms with Gasteiger partial charge in [-0.05, 0) is 37.8 Å². The van der Waals surface area contributed by atoms with Crippen LogP contribution in [0.4, 0.5) is 10.4 Å². The minimum absolute atomic E-state index is 0.163. The van der Waals surface area contributed by atoms with Gasteiger partial charge in [0.05, 0.1) is 0 Å². The number of benzene rings is 1. The maximum absolute atomic E-state index is 13.2. The van der Waals surface area contributed by atoms with Crippen LogP contribution >= 0.6 is 0 Å². The van der Waals surface area contributed by atoms with Crippen LogP contribution in [0, 0.1) is 5.82 Å². The Hall–Kier alpha value is -1.62. The number of hydrogen-bond donors (Lipinski definition) is 1. The SMILES string of the molecule is OCCC1CCCCN1c1nc2ccc(F)cc2o1. The molecular formula is C14H17FN2O2. The summed E-state index contributed by atoms with van der Waals surface area (Å²) in [5.41, 5.74) is 1.15. The number of aliphatic hydroxyl groups excluding tert-OH is 1. The summed E-state index contributed by atoms with van der Waals surface area (Å²) in [5.74, 6) is -0.319. The molecule has 1 aliphatic heterocycles. The maximum Gasteiger partial charge on any atom is 0.298 e. The van der Waals surface area contributed by atoms with Gasteiger partial charge in [0.15, 0.2) is 5.58 Å². The van der Waals surface area contributed by atoms with Gasteiger partial charge in [0, 0.05) is 25.3 Å². The Morgan fingerprint density at radius 3 is 3.16 bits per heavy atom. The van der Waals surface area contributed by atoms with E-state index in [0.717, 1.165) is 25.8 Å². The zero-order valence-electron chi connectivity index (χ0n) is 10.7. The molecule has 1 unspecified atom stereocenters. The van der Waals surface area contributed by atoms with Crippen molar-refractivity contribution in [3.63, 3.8) is 0 Å². The first kappa shape index (κ1) is 12.4. The lowest BCUT2D eigenvalue weighted by atomic mass is 10.0. The number of fused-ring (bicyclic) bond motifs is 1. The van der Waals surface area contributed by atoms with Crippen LogP contribution in [0.1, 0.15) is 25.7 Å². The number of aliphatic hydroxyl groups is 1. The number of piperidine rings is 1. The summed E-state index contributed by atoms with van der Waals surface area (Å²) in [6, 6.07) is 5.17. The molecule has 5 heteroatoms. The molecule has 0 saturated carbocycles. The van der Waals surface area contributed by atoms with Crippen molar-refractivity contribution >= 4 is 17.1 Å². The van der Waals surface area contributed by atoms with Crippen LogP contribution in [0.5, 0.6) is 0 Å². The summed E-state index contributed by atoms with van der Waals surface area (Å²) in [4.78, 5) is 6.52. The number of anilines is 1. The fourth-order valence-corrected chi connectivity index (χ4v) is 2.71. The fraction of sp³-hybridized carbons (Fsp3) is 0.500. The summed E-state index contributed by atoms with van der Waals surface area (Å²) in [5, 5.41) is 9.13. The summed E-state index contributed by atoms with van der Waals surface area (Å²) < 4.78 is 18.8. The Morgan fingerprint density at radius 1 is 1.42 bits per heavy atom. The van der Waals surface area contributed by atoms with Crippen molar-refractivity contribution in [1.29, 1.82) is 0 Å². The molecule has 3 rings (SSSR count). The van der Waals surface area contributed by atoms with E-state index >= 15 is 0 Å². The minimum Gasteiger partial charge on any atom is -0.423 e. The lowest BCUT2D eigenvalue weighted by molar-refractivity contribution is 0.259. The normalized spacial score (nSPS) is 20.1. The van der Waals surface area contributed by atoms with Crippen molar-refractivity contribution in [2.45, 2.75) is 31.7 Å². The Labute approximate surface area is 110 Å². The third-order valence-corrected chi connectivity index (χ3v) is 3.67. The predicted molar refractivity (Wildman–Crippen MR) is 70.7 cm³/mol. The number of oxazole rings is 1. The van der Waals surface area contributed by atoms with Crippen LogP contribution in [0.3, 0.4) is 0 Å². The topological polar surface area (TPSA) is 49.5 Å². The van der Waals surface area contributed by atoms with Gasteiger partial charge in [-0.15, -0.1) is 0 Å². The lowest BCUT2D eigenvalue weighted by Crippen LogP contribution is -2.40. The van der Waals surface area contributed by atoms with E-state index in [-0.39, 0.29) is 18.5 Å². The van der Waals surface area contributed by atoms with Gasteiger partial charge in [0.25, 0.3) is 6.01 Å². The molecule has 0 radical (unpaired) electrons. The molecule has 1 aromatic carbocycles. The molecule has 0 amide bonds. The molecule has 1 aromatic heterocycles. The molecule has 0 aliphatic carbocycles. The van der Waals surface area contributed by atoms with Gasteiger partial charge >= 0.3 is 0 Å². The van der Waals surface area contributed by atoms with E-state index in [1.54, 1.807) is 6.07 Å². The molecular weight excluding hydrogens is 247 g/mol. The standard InChI is InChI=1S/C14H17FN2O2/c15-10-4-5-12-13(9-10)19-14(16-12)17-7-2-1-3-11(17)6-8-18/h4-5,9,11,18H,1-3,6-8H2. The lowest BCUT2D eigenvalue weighted by Gasteiger charge is -2.34. The second-order valence-electron chi connectivity index (χ2n) is 4.96. The Morgan fingerprint density at radius 2 is 2.32 bits per heavy atom. The van der Waals surface area contributed by atoms with Gasteiger partial charge in [-0.3, -0.25) is 0 Å². The van der Waals surface area contributed by atoms with Crippen LogP contribution in [-0.4, -0.2) is 29.3 Å². The van der Waals surface area contributed by atoms with Crippen LogP contribution in [0.2, 0.25) is 0 Å². The average Bonchev–Trinajstić information content (AvgIpc) is 2.82. The van der Waals surface area contributed by atoms with E-state index in [4.69, 9.17) is 9.52 Å². The molecule has 0 spiro atoms. The first-order valence-electron chi connectivity index (χ1n) is 6.71. The van der Waals surface area contributed by atoms with E-state index < -0.39 is 0 Å². The maximum atomic E-state index is 13.2. The second kappa shape index (κ2) is 5.17. The molecule has 1 saturated heterocycles. The minimum atomic E-state index is -0.319. The summed E-state index contributed by atoms with van der Waals surface area (Å²) >= 11 is 0. The Kier molecular flexibility index (Phi) is 3.38. The zero-order valence-corrected chi connectivity index (χ0v) is 10.7. The van der Waals surface area contributed by atoms with Crippen LogP contribution in [-0.2, 0) is 0 Å². The number of hydrogen-bond acceptors (Lipinski definition) is 4. The first-order chi connectivity index (χ1) is 9.28. The Balaban J connectivity index is 1.92. The molecule has 102 valence electrons. The quantitative estimate of drug-likeness (QED) is 0.926. The van der Waals surface area contributed by atoms with E-state index in [0.29, 0.717) is 23.5 Å².